The first-order valence-electron chi connectivity index (χ1n) is 10.7. The van der Waals surface area contributed by atoms with Gasteiger partial charge < -0.3 is 19.9 Å². The standard InChI is InChI=1S/C24H31N3O2/c1-26-12-14-27(15-13-26)24(28)18-25-23-17-22(23)20-7-9-21(10-8-20)29-16-11-19-5-3-2-4-6-19/h2-10,22-23,25H,11-18H2,1H3/t22-,23+/m0/s1. The normalized spacial score (nSPS) is 21.8. The van der Waals surface area contributed by atoms with Crippen molar-refractivity contribution in [2.24, 2.45) is 0 Å². The Morgan fingerprint density at radius 1 is 1.03 bits per heavy atom. The second-order valence-corrected chi connectivity index (χ2v) is 8.17. The Morgan fingerprint density at radius 3 is 2.48 bits per heavy atom. The van der Waals surface area contributed by atoms with Gasteiger partial charge >= 0.3 is 0 Å². The van der Waals surface area contributed by atoms with Gasteiger partial charge in [-0.05, 0) is 36.7 Å². The van der Waals surface area contributed by atoms with E-state index < -0.39 is 0 Å². The van der Waals surface area contributed by atoms with E-state index in [0.717, 1.165) is 44.8 Å². The third-order valence-corrected chi connectivity index (χ3v) is 5.97. The van der Waals surface area contributed by atoms with E-state index in [9.17, 15) is 4.79 Å². The molecular weight excluding hydrogens is 362 g/mol. The van der Waals surface area contributed by atoms with Gasteiger partial charge in [-0.25, -0.2) is 0 Å². The van der Waals surface area contributed by atoms with Crippen molar-refractivity contribution >= 4 is 5.91 Å². The molecule has 0 bridgehead atoms. The molecule has 0 radical (unpaired) electrons. The molecule has 1 amide bonds. The molecule has 2 aromatic rings. The third-order valence-electron chi connectivity index (χ3n) is 5.97. The molecule has 5 heteroatoms. The Labute approximate surface area is 173 Å². The van der Waals surface area contributed by atoms with E-state index in [4.69, 9.17) is 4.74 Å². The van der Waals surface area contributed by atoms with Crippen LogP contribution < -0.4 is 10.1 Å². The number of hydrogen-bond acceptors (Lipinski definition) is 4. The van der Waals surface area contributed by atoms with Crippen LogP contribution in [0.1, 0.15) is 23.5 Å². The maximum absolute atomic E-state index is 12.4. The minimum Gasteiger partial charge on any atom is -0.493 e. The molecule has 0 spiro atoms. The molecule has 1 aliphatic heterocycles. The van der Waals surface area contributed by atoms with Crippen LogP contribution in [0.2, 0.25) is 0 Å². The van der Waals surface area contributed by atoms with Gasteiger partial charge in [0.1, 0.15) is 5.75 Å². The summed E-state index contributed by atoms with van der Waals surface area (Å²) in [5.74, 6) is 1.65. The van der Waals surface area contributed by atoms with Crippen molar-refractivity contribution in [3.63, 3.8) is 0 Å². The lowest BCUT2D eigenvalue weighted by Crippen LogP contribution is -2.49. The Balaban J connectivity index is 1.17. The largest absolute Gasteiger partial charge is 0.493 e. The molecule has 1 saturated heterocycles. The quantitative estimate of drug-likeness (QED) is 0.749. The number of likely N-dealkylation sites (N-methyl/N-ethyl adjacent to an activating group) is 1. The Bertz CT molecular complexity index is 786. The number of amides is 1. The summed E-state index contributed by atoms with van der Waals surface area (Å²) in [5.41, 5.74) is 2.62. The zero-order valence-corrected chi connectivity index (χ0v) is 17.2. The minimum absolute atomic E-state index is 0.228. The highest BCUT2D eigenvalue weighted by molar-refractivity contribution is 5.78. The SMILES string of the molecule is CN1CCN(C(=O)CN[C@@H]2C[C@H]2c2ccc(OCCc3ccccc3)cc2)CC1. The molecule has 1 N–H and O–H groups in total. The van der Waals surface area contributed by atoms with Gasteiger partial charge in [0.25, 0.3) is 0 Å². The van der Waals surface area contributed by atoms with Gasteiger partial charge in [-0.3, -0.25) is 4.79 Å². The van der Waals surface area contributed by atoms with Crippen molar-refractivity contribution in [1.82, 2.24) is 15.1 Å². The van der Waals surface area contributed by atoms with Crippen LogP contribution in [0.4, 0.5) is 0 Å². The van der Waals surface area contributed by atoms with Crippen LogP contribution in [0.3, 0.4) is 0 Å². The van der Waals surface area contributed by atoms with E-state index in [2.05, 4.69) is 65.8 Å². The van der Waals surface area contributed by atoms with Gasteiger partial charge in [-0.15, -0.1) is 0 Å². The fourth-order valence-corrected chi connectivity index (χ4v) is 3.92. The zero-order valence-electron chi connectivity index (χ0n) is 17.2. The molecule has 5 nitrogen and oxygen atoms in total. The fourth-order valence-electron chi connectivity index (χ4n) is 3.92. The first-order valence-corrected chi connectivity index (χ1v) is 10.7. The average molecular weight is 394 g/mol. The lowest BCUT2D eigenvalue weighted by molar-refractivity contribution is -0.131. The monoisotopic (exact) mass is 393 g/mol. The van der Waals surface area contributed by atoms with E-state index in [0.29, 0.717) is 25.1 Å². The van der Waals surface area contributed by atoms with Gasteiger partial charge in [0.15, 0.2) is 0 Å². The summed E-state index contributed by atoms with van der Waals surface area (Å²) in [6.45, 7) is 4.76. The molecule has 0 unspecified atom stereocenters. The molecule has 154 valence electrons. The Hall–Kier alpha value is -2.37. The molecule has 29 heavy (non-hydrogen) atoms. The van der Waals surface area contributed by atoms with Crippen molar-refractivity contribution in [2.75, 3.05) is 46.4 Å². The van der Waals surface area contributed by atoms with Crippen molar-refractivity contribution in [3.8, 4) is 5.75 Å². The van der Waals surface area contributed by atoms with Gasteiger partial charge in [-0.1, -0.05) is 42.5 Å². The predicted octanol–water partition coefficient (Wildman–Crippen LogP) is 2.53. The number of nitrogens with one attached hydrogen (secondary N) is 1. The van der Waals surface area contributed by atoms with Crippen LogP contribution in [0, 0.1) is 0 Å². The van der Waals surface area contributed by atoms with Crippen molar-refractivity contribution in [3.05, 3.63) is 65.7 Å². The number of carbonyl (C=O) groups excluding carboxylic acids is 1. The van der Waals surface area contributed by atoms with Crippen LogP contribution in [-0.4, -0.2) is 68.1 Å². The summed E-state index contributed by atoms with van der Waals surface area (Å²) in [7, 11) is 2.11. The van der Waals surface area contributed by atoms with E-state index in [1.165, 1.54) is 11.1 Å². The number of hydrogen-bond donors (Lipinski definition) is 1. The molecule has 0 aromatic heterocycles. The fraction of sp³-hybridized carbons (Fsp3) is 0.458. The summed E-state index contributed by atoms with van der Waals surface area (Å²) in [6, 6.07) is 19.3. The van der Waals surface area contributed by atoms with E-state index in [1.807, 2.05) is 11.0 Å². The Morgan fingerprint density at radius 2 is 1.76 bits per heavy atom. The predicted molar refractivity (Wildman–Crippen MR) is 115 cm³/mol. The van der Waals surface area contributed by atoms with Crippen molar-refractivity contribution in [2.45, 2.75) is 24.8 Å². The summed E-state index contributed by atoms with van der Waals surface area (Å²) >= 11 is 0. The average Bonchev–Trinajstić information content (AvgIpc) is 3.53. The van der Waals surface area contributed by atoms with Crippen LogP contribution in [-0.2, 0) is 11.2 Å². The number of ether oxygens (including phenoxy) is 1. The van der Waals surface area contributed by atoms with Gasteiger partial charge in [0, 0.05) is 44.6 Å². The molecule has 2 atom stereocenters. The maximum atomic E-state index is 12.4. The molecule has 1 heterocycles. The topological polar surface area (TPSA) is 44.8 Å². The van der Waals surface area contributed by atoms with Crippen LogP contribution in [0.15, 0.2) is 54.6 Å². The van der Waals surface area contributed by atoms with Gasteiger partial charge in [-0.2, -0.15) is 0 Å². The molecule has 2 aromatic carbocycles. The molecule has 2 aliphatic rings. The van der Waals surface area contributed by atoms with Gasteiger partial charge in [0.05, 0.1) is 13.2 Å². The summed E-state index contributed by atoms with van der Waals surface area (Å²) in [6.07, 6.45) is 2.02. The van der Waals surface area contributed by atoms with E-state index in [-0.39, 0.29) is 5.91 Å². The zero-order chi connectivity index (χ0) is 20.1. The van der Waals surface area contributed by atoms with Crippen LogP contribution in [0.5, 0.6) is 5.75 Å². The highest BCUT2D eigenvalue weighted by atomic mass is 16.5. The minimum atomic E-state index is 0.228. The van der Waals surface area contributed by atoms with Crippen molar-refractivity contribution in [1.29, 1.82) is 0 Å². The number of carbonyl (C=O) groups is 1. The first-order chi connectivity index (χ1) is 14.2. The maximum Gasteiger partial charge on any atom is 0.236 e. The van der Waals surface area contributed by atoms with Crippen molar-refractivity contribution < 1.29 is 9.53 Å². The molecule has 2 fully saturated rings. The van der Waals surface area contributed by atoms with Crippen LogP contribution in [0.25, 0.3) is 0 Å². The Kier molecular flexibility index (Phi) is 6.47. The number of nitrogens with zero attached hydrogens (tertiary/aromatic N) is 2. The number of rotatable bonds is 8. The third kappa shape index (κ3) is 5.58. The lowest BCUT2D eigenvalue weighted by atomic mass is 10.1. The second-order valence-electron chi connectivity index (χ2n) is 8.17. The second kappa shape index (κ2) is 9.42. The van der Waals surface area contributed by atoms with E-state index in [1.54, 1.807) is 0 Å². The summed E-state index contributed by atoms with van der Waals surface area (Å²) in [4.78, 5) is 16.6. The van der Waals surface area contributed by atoms with Gasteiger partial charge in [0.2, 0.25) is 5.91 Å². The van der Waals surface area contributed by atoms with E-state index >= 15 is 0 Å². The molecule has 4 rings (SSSR count). The molecule has 1 saturated carbocycles. The molecular formula is C24H31N3O2. The number of piperazine rings is 1. The smallest absolute Gasteiger partial charge is 0.236 e. The highest BCUT2D eigenvalue weighted by Crippen LogP contribution is 2.41. The first kappa shape index (κ1) is 19.9. The highest BCUT2D eigenvalue weighted by Gasteiger charge is 2.38. The number of benzene rings is 2. The lowest BCUT2D eigenvalue weighted by Gasteiger charge is -2.32. The summed E-state index contributed by atoms with van der Waals surface area (Å²) in [5, 5.41) is 3.44. The molecule has 1 aliphatic carbocycles. The summed E-state index contributed by atoms with van der Waals surface area (Å²) < 4.78 is 5.88. The van der Waals surface area contributed by atoms with Crippen LogP contribution >= 0.6 is 0 Å².